The maximum absolute atomic E-state index is 9.50. The van der Waals surface area contributed by atoms with Gasteiger partial charge in [-0.05, 0) is 52.2 Å². The van der Waals surface area contributed by atoms with Gasteiger partial charge in [-0.25, -0.2) is 4.98 Å². The van der Waals surface area contributed by atoms with Crippen molar-refractivity contribution < 1.29 is 0 Å². The van der Waals surface area contributed by atoms with Gasteiger partial charge in [0, 0.05) is 32.3 Å². The first-order valence-electron chi connectivity index (χ1n) is 14.5. The van der Waals surface area contributed by atoms with E-state index in [0.29, 0.717) is 5.56 Å². The van der Waals surface area contributed by atoms with Gasteiger partial charge in [-0.2, -0.15) is 5.26 Å². The minimum Gasteiger partial charge on any atom is -0.308 e. The Kier molecular flexibility index (Phi) is 4.97. The lowest BCUT2D eigenvalue weighted by molar-refractivity contribution is 1.21. The summed E-state index contributed by atoms with van der Waals surface area (Å²) in [5.41, 5.74) is 8.23. The molecule has 3 heteroatoms. The van der Waals surface area contributed by atoms with E-state index in [-0.39, 0.29) is 0 Å². The number of pyridine rings is 1. The summed E-state index contributed by atoms with van der Waals surface area (Å²) >= 11 is 0. The van der Waals surface area contributed by atoms with Gasteiger partial charge in [0.1, 0.15) is 0 Å². The van der Waals surface area contributed by atoms with Crippen molar-refractivity contribution in [2.24, 2.45) is 0 Å². The Labute approximate surface area is 247 Å². The van der Waals surface area contributed by atoms with E-state index in [4.69, 9.17) is 4.98 Å². The van der Waals surface area contributed by atoms with Crippen LogP contribution in [0, 0.1) is 11.3 Å². The highest BCUT2D eigenvalue weighted by Crippen LogP contribution is 2.41. The summed E-state index contributed by atoms with van der Waals surface area (Å²) in [6.45, 7) is 0. The van der Waals surface area contributed by atoms with E-state index in [2.05, 4.69) is 132 Å². The number of nitriles is 1. The molecule has 0 fully saturated rings. The van der Waals surface area contributed by atoms with Gasteiger partial charge in [0.25, 0.3) is 0 Å². The third kappa shape index (κ3) is 3.44. The third-order valence-corrected chi connectivity index (χ3v) is 8.76. The zero-order valence-electron chi connectivity index (χ0n) is 23.1. The molecule has 9 aromatic rings. The fraction of sp³-hybridized carbons (Fsp3) is 0. The van der Waals surface area contributed by atoms with Crippen molar-refractivity contribution in [2.75, 3.05) is 0 Å². The van der Waals surface area contributed by atoms with E-state index in [1.165, 1.54) is 21.5 Å². The van der Waals surface area contributed by atoms with E-state index < -0.39 is 0 Å². The van der Waals surface area contributed by atoms with Crippen LogP contribution in [0.4, 0.5) is 0 Å². The molecule has 0 amide bonds. The number of nitrogens with zero attached hydrogens (tertiary/aromatic N) is 3. The van der Waals surface area contributed by atoms with Crippen LogP contribution in [0.15, 0.2) is 140 Å². The standard InChI is InChI=1S/C40H23N3/c41-24-25-8-7-11-28(22-25)29-18-21-37-35(23-29)32-14-5-6-15-36(32)43(37)40-33-19-16-26-9-1-3-12-30(26)38(33)42-39-31-13-4-2-10-27(31)17-20-34(39)40/h1-23H. The monoisotopic (exact) mass is 545 g/mol. The van der Waals surface area contributed by atoms with Gasteiger partial charge < -0.3 is 4.57 Å². The first-order valence-corrected chi connectivity index (χ1v) is 14.5. The topological polar surface area (TPSA) is 41.6 Å². The van der Waals surface area contributed by atoms with Crippen LogP contribution in [0.25, 0.3) is 82.0 Å². The van der Waals surface area contributed by atoms with Crippen molar-refractivity contribution in [3.63, 3.8) is 0 Å². The van der Waals surface area contributed by atoms with E-state index >= 15 is 0 Å². The average Bonchev–Trinajstić information content (AvgIpc) is 3.40. The quantitative estimate of drug-likeness (QED) is 0.160. The van der Waals surface area contributed by atoms with Gasteiger partial charge in [-0.15, -0.1) is 0 Å². The molecule has 0 radical (unpaired) electrons. The van der Waals surface area contributed by atoms with Crippen molar-refractivity contribution in [2.45, 2.75) is 0 Å². The van der Waals surface area contributed by atoms with E-state index in [9.17, 15) is 5.26 Å². The zero-order chi connectivity index (χ0) is 28.5. The number of hydrogen-bond donors (Lipinski definition) is 0. The van der Waals surface area contributed by atoms with Gasteiger partial charge in [0.2, 0.25) is 0 Å². The van der Waals surface area contributed by atoms with Crippen molar-refractivity contribution >= 4 is 65.2 Å². The molecule has 2 aromatic heterocycles. The lowest BCUT2D eigenvalue weighted by Gasteiger charge is -2.17. The molecule has 0 aliphatic heterocycles. The predicted octanol–water partition coefficient (Wildman–Crippen LogP) is 10.3. The number of hydrogen-bond acceptors (Lipinski definition) is 2. The van der Waals surface area contributed by atoms with Crippen LogP contribution >= 0.6 is 0 Å². The van der Waals surface area contributed by atoms with Gasteiger partial charge in [0.05, 0.1) is 39.4 Å². The normalized spacial score (nSPS) is 11.7. The number of rotatable bonds is 2. The van der Waals surface area contributed by atoms with E-state index in [0.717, 1.165) is 60.4 Å². The van der Waals surface area contributed by atoms with Crippen LogP contribution in [0.1, 0.15) is 5.56 Å². The smallest absolute Gasteiger partial charge is 0.0991 e. The Balaban J connectivity index is 1.46. The molecule has 0 N–H and O–H groups in total. The van der Waals surface area contributed by atoms with Crippen LogP contribution in [-0.4, -0.2) is 9.55 Å². The van der Waals surface area contributed by atoms with Crippen molar-refractivity contribution in [1.29, 1.82) is 5.26 Å². The molecular formula is C40H23N3. The van der Waals surface area contributed by atoms with Crippen molar-refractivity contribution in [1.82, 2.24) is 9.55 Å². The molecule has 0 saturated carbocycles. The van der Waals surface area contributed by atoms with E-state index in [1.807, 2.05) is 18.2 Å². The minimum absolute atomic E-state index is 0.661. The summed E-state index contributed by atoms with van der Waals surface area (Å²) in [7, 11) is 0. The van der Waals surface area contributed by atoms with Crippen LogP contribution in [-0.2, 0) is 0 Å². The first kappa shape index (κ1) is 23.7. The molecule has 0 unspecified atom stereocenters. The molecule has 0 spiro atoms. The van der Waals surface area contributed by atoms with E-state index in [1.54, 1.807) is 0 Å². The molecule has 7 aromatic carbocycles. The van der Waals surface area contributed by atoms with Gasteiger partial charge >= 0.3 is 0 Å². The molecule has 2 heterocycles. The Morgan fingerprint density at radius 1 is 0.465 bits per heavy atom. The molecule has 0 saturated heterocycles. The maximum Gasteiger partial charge on any atom is 0.0991 e. The average molecular weight is 546 g/mol. The van der Waals surface area contributed by atoms with Gasteiger partial charge in [-0.3, -0.25) is 0 Å². The lowest BCUT2D eigenvalue weighted by atomic mass is 9.99. The number of benzene rings is 7. The predicted molar refractivity (Wildman–Crippen MR) is 179 cm³/mol. The van der Waals surface area contributed by atoms with Gasteiger partial charge in [-0.1, -0.05) is 109 Å². The molecule has 0 aliphatic carbocycles. The summed E-state index contributed by atoms with van der Waals surface area (Å²) < 4.78 is 2.43. The molecule has 0 bridgehead atoms. The van der Waals surface area contributed by atoms with Crippen molar-refractivity contribution in [3.05, 3.63) is 145 Å². The fourth-order valence-corrected chi connectivity index (χ4v) is 6.79. The van der Waals surface area contributed by atoms with Crippen LogP contribution < -0.4 is 0 Å². The second-order valence-electron chi connectivity index (χ2n) is 11.1. The number of para-hydroxylation sites is 1. The molecule has 198 valence electrons. The Bertz CT molecular complexity index is 2540. The molecule has 43 heavy (non-hydrogen) atoms. The SMILES string of the molecule is N#Cc1cccc(-c2ccc3c(c2)c2ccccc2n3-c2c3ccc4ccccc4c3nc3c2ccc2ccccc23)c1. The van der Waals surface area contributed by atoms with Crippen LogP contribution in [0.5, 0.6) is 0 Å². The summed E-state index contributed by atoms with van der Waals surface area (Å²) in [6.07, 6.45) is 0. The summed E-state index contributed by atoms with van der Waals surface area (Å²) in [5, 5.41) is 18.8. The highest BCUT2D eigenvalue weighted by Gasteiger charge is 2.20. The maximum atomic E-state index is 9.50. The summed E-state index contributed by atoms with van der Waals surface area (Å²) in [4.78, 5) is 5.40. The Hall–Kier alpha value is -5.98. The lowest BCUT2D eigenvalue weighted by Crippen LogP contribution is -1.99. The molecular weight excluding hydrogens is 522 g/mol. The second kappa shape index (κ2) is 9.01. The molecule has 3 nitrogen and oxygen atoms in total. The molecule has 0 atom stereocenters. The second-order valence-corrected chi connectivity index (χ2v) is 11.1. The zero-order valence-corrected chi connectivity index (χ0v) is 23.1. The highest BCUT2D eigenvalue weighted by molar-refractivity contribution is 6.20. The van der Waals surface area contributed by atoms with Crippen molar-refractivity contribution in [3.8, 4) is 22.9 Å². The largest absolute Gasteiger partial charge is 0.308 e. The first-order chi connectivity index (χ1) is 21.3. The summed E-state index contributed by atoms with van der Waals surface area (Å²) in [5.74, 6) is 0. The molecule has 0 aliphatic rings. The number of fused-ring (bicyclic) bond motifs is 9. The van der Waals surface area contributed by atoms with Crippen LogP contribution in [0.2, 0.25) is 0 Å². The third-order valence-electron chi connectivity index (χ3n) is 8.76. The minimum atomic E-state index is 0.661. The number of aromatic nitrogens is 2. The fourth-order valence-electron chi connectivity index (χ4n) is 6.79. The van der Waals surface area contributed by atoms with Gasteiger partial charge in [0.15, 0.2) is 0 Å². The Morgan fingerprint density at radius 2 is 1.07 bits per heavy atom. The highest BCUT2D eigenvalue weighted by atomic mass is 15.0. The summed E-state index contributed by atoms with van der Waals surface area (Å²) in [6, 6.07) is 51.4. The Morgan fingerprint density at radius 3 is 1.77 bits per heavy atom. The van der Waals surface area contributed by atoms with Crippen LogP contribution in [0.3, 0.4) is 0 Å². The molecule has 9 rings (SSSR count).